The molecule has 0 saturated carbocycles. The van der Waals surface area contributed by atoms with E-state index in [1.54, 1.807) is 6.08 Å². The van der Waals surface area contributed by atoms with Crippen molar-refractivity contribution in [3.63, 3.8) is 0 Å². The zero-order valence-corrected chi connectivity index (χ0v) is 33.8. The third kappa shape index (κ3) is 38.3. The first-order chi connectivity index (χ1) is 25.5. The van der Waals surface area contributed by atoms with Crippen molar-refractivity contribution in [2.45, 2.75) is 200 Å². The smallest absolute Gasteiger partial charge is 0.309 e. The standard InChI is InChI=1S/C46H78O6/c1-4-7-10-13-16-18-20-22-23-24-26-27-30-33-36-39-45(48)51-42-43(41-50-44(47)38-35-32-29-15-12-9-6-3)52-46(49)40-37-34-31-28-25-21-19-17-14-11-8-5-2/h7,10,16,18,22-23,26-27,33,36,43H,4-6,8-9,11-15,17,19-21,24-25,28-32,34-35,37-42H2,1-3H3/b10-7-,18-16-,23-22-,27-26-,36-33-. The summed E-state index contributed by atoms with van der Waals surface area (Å²) >= 11 is 0. The molecule has 298 valence electrons. The first-order valence-electron chi connectivity index (χ1n) is 21.3. The van der Waals surface area contributed by atoms with E-state index in [4.69, 9.17) is 14.2 Å². The van der Waals surface area contributed by atoms with Gasteiger partial charge in [0.05, 0.1) is 6.42 Å². The Bertz CT molecular complexity index is 975. The maximum atomic E-state index is 12.6. The topological polar surface area (TPSA) is 78.9 Å². The Labute approximate surface area is 320 Å². The zero-order chi connectivity index (χ0) is 38.0. The predicted molar refractivity (Wildman–Crippen MR) is 219 cm³/mol. The van der Waals surface area contributed by atoms with E-state index in [1.807, 2.05) is 6.08 Å². The van der Waals surface area contributed by atoms with Crippen LogP contribution >= 0.6 is 0 Å². The maximum Gasteiger partial charge on any atom is 0.309 e. The van der Waals surface area contributed by atoms with Gasteiger partial charge in [-0.3, -0.25) is 14.4 Å². The number of unbranched alkanes of at least 4 members (excludes halogenated alkanes) is 17. The van der Waals surface area contributed by atoms with E-state index in [0.29, 0.717) is 12.8 Å². The Morgan fingerprint density at radius 2 is 0.750 bits per heavy atom. The van der Waals surface area contributed by atoms with Gasteiger partial charge < -0.3 is 14.2 Å². The van der Waals surface area contributed by atoms with Gasteiger partial charge in [-0.15, -0.1) is 0 Å². The molecule has 0 amide bonds. The van der Waals surface area contributed by atoms with Crippen LogP contribution in [0.4, 0.5) is 0 Å². The molecule has 6 nitrogen and oxygen atoms in total. The van der Waals surface area contributed by atoms with Gasteiger partial charge in [0, 0.05) is 12.8 Å². The maximum absolute atomic E-state index is 12.6. The molecule has 6 heteroatoms. The van der Waals surface area contributed by atoms with Crippen LogP contribution in [0.15, 0.2) is 60.8 Å². The van der Waals surface area contributed by atoms with Crippen molar-refractivity contribution in [2.75, 3.05) is 13.2 Å². The molecule has 0 aliphatic heterocycles. The van der Waals surface area contributed by atoms with Crippen molar-refractivity contribution < 1.29 is 28.6 Å². The fourth-order valence-electron chi connectivity index (χ4n) is 5.63. The highest BCUT2D eigenvalue weighted by molar-refractivity contribution is 5.72. The van der Waals surface area contributed by atoms with Crippen LogP contribution < -0.4 is 0 Å². The fraction of sp³-hybridized carbons (Fsp3) is 0.717. The molecular weight excluding hydrogens is 648 g/mol. The van der Waals surface area contributed by atoms with Crippen LogP contribution in [-0.4, -0.2) is 37.2 Å². The molecule has 0 N–H and O–H groups in total. The number of rotatable bonds is 37. The van der Waals surface area contributed by atoms with Gasteiger partial charge in [-0.1, -0.05) is 191 Å². The second-order valence-corrected chi connectivity index (χ2v) is 13.9. The molecule has 0 fully saturated rings. The monoisotopic (exact) mass is 727 g/mol. The summed E-state index contributed by atoms with van der Waals surface area (Å²) in [7, 11) is 0. The lowest BCUT2D eigenvalue weighted by Gasteiger charge is -2.18. The molecular formula is C46H78O6. The van der Waals surface area contributed by atoms with Gasteiger partial charge in [0.1, 0.15) is 13.2 Å². The van der Waals surface area contributed by atoms with Crippen LogP contribution in [0, 0.1) is 0 Å². The van der Waals surface area contributed by atoms with Gasteiger partial charge in [0.25, 0.3) is 0 Å². The summed E-state index contributed by atoms with van der Waals surface area (Å²) in [6.45, 7) is 6.36. The molecule has 0 spiro atoms. The van der Waals surface area contributed by atoms with Gasteiger partial charge >= 0.3 is 17.9 Å². The number of hydrogen-bond acceptors (Lipinski definition) is 6. The number of allylic oxidation sites excluding steroid dienone is 9. The Hall–Kier alpha value is -2.89. The fourth-order valence-corrected chi connectivity index (χ4v) is 5.63. The van der Waals surface area contributed by atoms with Crippen LogP contribution in [0.25, 0.3) is 0 Å². The average molecular weight is 727 g/mol. The molecule has 0 aromatic carbocycles. The van der Waals surface area contributed by atoms with Crippen LogP contribution in [0.1, 0.15) is 194 Å². The van der Waals surface area contributed by atoms with E-state index in [1.165, 1.54) is 83.5 Å². The summed E-state index contributed by atoms with van der Waals surface area (Å²) in [6.07, 6.45) is 48.1. The van der Waals surface area contributed by atoms with E-state index in [9.17, 15) is 14.4 Å². The van der Waals surface area contributed by atoms with Gasteiger partial charge in [0.15, 0.2) is 6.10 Å². The van der Waals surface area contributed by atoms with Crippen molar-refractivity contribution in [3.8, 4) is 0 Å². The van der Waals surface area contributed by atoms with Gasteiger partial charge in [-0.05, 0) is 44.9 Å². The predicted octanol–water partition coefficient (Wildman–Crippen LogP) is 13.4. The van der Waals surface area contributed by atoms with E-state index in [0.717, 1.165) is 70.6 Å². The van der Waals surface area contributed by atoms with Crippen LogP contribution in [0.5, 0.6) is 0 Å². The molecule has 0 aromatic heterocycles. The van der Waals surface area contributed by atoms with Gasteiger partial charge in [0.2, 0.25) is 0 Å². The number of esters is 3. The molecule has 0 heterocycles. The highest BCUT2D eigenvalue weighted by Crippen LogP contribution is 2.14. The molecule has 0 saturated heterocycles. The zero-order valence-electron chi connectivity index (χ0n) is 33.8. The van der Waals surface area contributed by atoms with Crippen molar-refractivity contribution >= 4 is 17.9 Å². The van der Waals surface area contributed by atoms with Crippen LogP contribution in [-0.2, 0) is 28.6 Å². The number of ether oxygens (including phenoxy) is 3. The summed E-state index contributed by atoms with van der Waals surface area (Å²) < 4.78 is 16.5. The Morgan fingerprint density at radius 3 is 1.17 bits per heavy atom. The summed E-state index contributed by atoms with van der Waals surface area (Å²) in [6, 6.07) is 0. The molecule has 0 bridgehead atoms. The molecule has 52 heavy (non-hydrogen) atoms. The second kappa shape index (κ2) is 40.9. The summed E-state index contributed by atoms with van der Waals surface area (Å²) in [4.78, 5) is 37.4. The van der Waals surface area contributed by atoms with Crippen molar-refractivity contribution in [1.82, 2.24) is 0 Å². The summed E-state index contributed by atoms with van der Waals surface area (Å²) in [5.74, 6) is -1.05. The van der Waals surface area contributed by atoms with E-state index < -0.39 is 12.1 Å². The molecule has 0 rings (SSSR count). The summed E-state index contributed by atoms with van der Waals surface area (Å²) in [5, 5.41) is 0. The quantitative estimate of drug-likeness (QED) is 0.0274. The third-order valence-electron chi connectivity index (χ3n) is 8.82. The van der Waals surface area contributed by atoms with E-state index in [-0.39, 0.29) is 31.6 Å². The van der Waals surface area contributed by atoms with E-state index >= 15 is 0 Å². The normalized spacial score (nSPS) is 12.6. The van der Waals surface area contributed by atoms with Gasteiger partial charge in [-0.25, -0.2) is 0 Å². The van der Waals surface area contributed by atoms with Crippen LogP contribution in [0.2, 0.25) is 0 Å². The molecule has 1 atom stereocenters. The molecule has 0 radical (unpaired) electrons. The highest BCUT2D eigenvalue weighted by atomic mass is 16.6. The number of carbonyl (C=O) groups is 3. The number of hydrogen-bond donors (Lipinski definition) is 0. The Morgan fingerprint density at radius 1 is 0.404 bits per heavy atom. The Kier molecular flexibility index (Phi) is 38.6. The summed E-state index contributed by atoms with van der Waals surface area (Å²) in [5.41, 5.74) is 0. The minimum Gasteiger partial charge on any atom is -0.462 e. The Balaban J connectivity index is 4.47. The van der Waals surface area contributed by atoms with Crippen molar-refractivity contribution in [2.24, 2.45) is 0 Å². The van der Waals surface area contributed by atoms with Gasteiger partial charge in [-0.2, -0.15) is 0 Å². The third-order valence-corrected chi connectivity index (χ3v) is 8.82. The molecule has 1 unspecified atom stereocenters. The lowest BCUT2D eigenvalue weighted by Crippen LogP contribution is -2.30. The highest BCUT2D eigenvalue weighted by Gasteiger charge is 2.19. The van der Waals surface area contributed by atoms with Crippen molar-refractivity contribution in [3.05, 3.63) is 60.8 Å². The van der Waals surface area contributed by atoms with Crippen LogP contribution in [0.3, 0.4) is 0 Å². The lowest BCUT2D eigenvalue weighted by atomic mass is 10.0. The first kappa shape index (κ1) is 49.1. The lowest BCUT2D eigenvalue weighted by molar-refractivity contribution is -0.166. The van der Waals surface area contributed by atoms with E-state index in [2.05, 4.69) is 69.4 Å². The first-order valence-corrected chi connectivity index (χ1v) is 21.3. The minimum absolute atomic E-state index is 0.103. The second-order valence-electron chi connectivity index (χ2n) is 13.9. The van der Waals surface area contributed by atoms with Crippen molar-refractivity contribution in [1.29, 1.82) is 0 Å². The SMILES string of the molecule is CC/C=C\C/C=C\C/C=C\C/C=C\C/C=C\CC(=O)OCC(COC(=O)CCCCCCCCC)OC(=O)CCCCCCCCCCCCCC. The molecule has 0 aromatic rings. The molecule has 0 aliphatic rings. The average Bonchev–Trinajstić information content (AvgIpc) is 3.14. The number of carbonyl (C=O) groups excluding carboxylic acids is 3. The molecule has 0 aliphatic carbocycles. The minimum atomic E-state index is -0.805. The largest absolute Gasteiger partial charge is 0.462 e.